The second-order valence-corrected chi connectivity index (χ2v) is 11.7. The maximum Gasteiger partial charge on any atom is 0.334 e. The number of halogens is 1. The summed E-state index contributed by atoms with van der Waals surface area (Å²) in [7, 11) is 0. The van der Waals surface area contributed by atoms with Crippen LogP contribution in [0.4, 0.5) is 11.4 Å². The topological polar surface area (TPSA) is 101 Å². The number of ether oxygens (including phenoxy) is 1. The number of para-hydroxylation sites is 2. The molecule has 9 heteroatoms. The van der Waals surface area contributed by atoms with Gasteiger partial charge in [0.2, 0.25) is 23.6 Å². The molecule has 0 aromatic heterocycles. The van der Waals surface area contributed by atoms with Gasteiger partial charge < -0.3 is 4.74 Å². The Balaban J connectivity index is 1.61. The summed E-state index contributed by atoms with van der Waals surface area (Å²) in [5.74, 6) is -6.66. The van der Waals surface area contributed by atoms with Gasteiger partial charge >= 0.3 is 5.97 Å². The Hall–Kier alpha value is -3.59. The standard InChI is InChI=1S/C29H25BrN2O6/c1-4-38-27(37)18-15(2)29(30)21-19(23(33)31(25(21)35)16-11-7-5-8-12-16)28(18,3)20-22(29)26(36)32(24(20)34)17-13-9-6-10-14-17/h5-14,19-22H,4H2,1-3H3/t19-,20+,21-,22+,28?,29?. The van der Waals surface area contributed by atoms with Crippen molar-refractivity contribution in [2.24, 2.45) is 29.1 Å². The van der Waals surface area contributed by atoms with E-state index >= 15 is 0 Å². The molecule has 194 valence electrons. The van der Waals surface area contributed by atoms with Crippen molar-refractivity contribution in [1.29, 1.82) is 0 Å². The van der Waals surface area contributed by atoms with Gasteiger partial charge in [0.05, 0.1) is 46.0 Å². The molecule has 0 N–H and O–H groups in total. The van der Waals surface area contributed by atoms with Crippen LogP contribution in [0, 0.1) is 29.1 Å². The summed E-state index contributed by atoms with van der Waals surface area (Å²) in [6.07, 6.45) is 0. The maximum absolute atomic E-state index is 14.1. The molecule has 2 saturated heterocycles. The third-order valence-corrected chi connectivity index (χ3v) is 10.4. The average Bonchev–Trinajstić information content (AvgIpc) is 3.34. The largest absolute Gasteiger partial charge is 0.463 e. The number of carbonyl (C=O) groups excluding carboxylic acids is 5. The molecule has 2 aromatic rings. The number of rotatable bonds is 4. The van der Waals surface area contributed by atoms with Gasteiger partial charge in [-0.25, -0.2) is 14.6 Å². The Labute approximate surface area is 227 Å². The quantitative estimate of drug-likeness (QED) is 0.313. The van der Waals surface area contributed by atoms with Crippen molar-refractivity contribution in [3.63, 3.8) is 0 Å². The number of anilines is 2. The molecule has 0 spiro atoms. The van der Waals surface area contributed by atoms with Gasteiger partial charge in [-0.2, -0.15) is 0 Å². The van der Waals surface area contributed by atoms with Crippen LogP contribution >= 0.6 is 15.9 Å². The number of benzene rings is 2. The molecule has 8 nitrogen and oxygen atoms in total. The summed E-state index contributed by atoms with van der Waals surface area (Å²) in [6.45, 7) is 5.13. The summed E-state index contributed by atoms with van der Waals surface area (Å²) in [4.78, 5) is 72.2. The second-order valence-electron chi connectivity index (χ2n) is 10.4. The lowest BCUT2D eigenvalue weighted by atomic mass is 9.43. The molecule has 2 heterocycles. The molecule has 4 amide bonds. The van der Waals surface area contributed by atoms with Crippen molar-refractivity contribution in [3.05, 3.63) is 71.8 Å². The summed E-state index contributed by atoms with van der Waals surface area (Å²) in [5.41, 5.74) is -0.00710. The first-order valence-corrected chi connectivity index (χ1v) is 13.3. The van der Waals surface area contributed by atoms with E-state index in [0.29, 0.717) is 16.9 Å². The van der Waals surface area contributed by atoms with Crippen LogP contribution in [-0.4, -0.2) is 40.5 Å². The molecule has 5 aliphatic rings. The van der Waals surface area contributed by atoms with E-state index in [1.165, 1.54) is 0 Å². The highest BCUT2D eigenvalue weighted by atomic mass is 79.9. The Morgan fingerprint density at radius 2 is 1.18 bits per heavy atom. The van der Waals surface area contributed by atoms with Crippen LogP contribution in [0.5, 0.6) is 0 Å². The number of esters is 1. The van der Waals surface area contributed by atoms with Gasteiger partial charge in [-0.15, -0.1) is 0 Å². The molecular weight excluding hydrogens is 552 g/mol. The van der Waals surface area contributed by atoms with E-state index < -0.39 is 63.0 Å². The van der Waals surface area contributed by atoms with Gasteiger partial charge in [-0.3, -0.25) is 19.2 Å². The van der Waals surface area contributed by atoms with Gasteiger partial charge in [-0.05, 0) is 43.7 Å². The van der Waals surface area contributed by atoms with E-state index in [-0.39, 0.29) is 12.2 Å². The van der Waals surface area contributed by atoms with E-state index in [2.05, 4.69) is 15.9 Å². The fourth-order valence-electron chi connectivity index (χ4n) is 7.39. The van der Waals surface area contributed by atoms with Crippen molar-refractivity contribution < 1.29 is 28.7 Å². The molecule has 3 fully saturated rings. The molecule has 6 atom stereocenters. The number of allylic oxidation sites excluding steroid dienone is 1. The normalized spacial score (nSPS) is 33.7. The molecular formula is C29H25BrN2O6. The van der Waals surface area contributed by atoms with Crippen LogP contribution in [0.15, 0.2) is 71.8 Å². The van der Waals surface area contributed by atoms with Crippen LogP contribution in [0.25, 0.3) is 0 Å². The van der Waals surface area contributed by atoms with Gasteiger partial charge in [0.15, 0.2) is 0 Å². The highest BCUT2D eigenvalue weighted by Crippen LogP contribution is 2.72. The van der Waals surface area contributed by atoms with Gasteiger partial charge in [0, 0.05) is 11.0 Å². The smallest absolute Gasteiger partial charge is 0.334 e. The molecule has 38 heavy (non-hydrogen) atoms. The number of amides is 4. The predicted molar refractivity (Wildman–Crippen MR) is 141 cm³/mol. The maximum atomic E-state index is 14.1. The van der Waals surface area contributed by atoms with E-state index in [0.717, 1.165) is 9.80 Å². The zero-order chi connectivity index (χ0) is 27.1. The fraction of sp³-hybridized carbons (Fsp3) is 0.345. The lowest BCUT2D eigenvalue weighted by Crippen LogP contribution is -2.67. The first kappa shape index (κ1) is 24.7. The van der Waals surface area contributed by atoms with Crippen molar-refractivity contribution in [2.75, 3.05) is 16.4 Å². The number of hydrogen-bond donors (Lipinski definition) is 0. The van der Waals surface area contributed by atoms with Crippen LogP contribution in [0.1, 0.15) is 20.8 Å². The van der Waals surface area contributed by atoms with Crippen molar-refractivity contribution in [1.82, 2.24) is 0 Å². The van der Waals surface area contributed by atoms with Crippen molar-refractivity contribution in [2.45, 2.75) is 25.1 Å². The van der Waals surface area contributed by atoms with Crippen molar-refractivity contribution >= 4 is 56.9 Å². The summed E-state index contributed by atoms with van der Waals surface area (Å²) >= 11 is 3.77. The lowest BCUT2D eigenvalue weighted by molar-refractivity contribution is -0.152. The summed E-state index contributed by atoms with van der Waals surface area (Å²) in [6, 6.07) is 17.1. The second kappa shape index (κ2) is 8.20. The Kier molecular flexibility index (Phi) is 5.34. The Morgan fingerprint density at radius 3 is 1.58 bits per heavy atom. The fourth-order valence-corrected chi connectivity index (χ4v) is 8.51. The number of alkyl halides is 1. The van der Waals surface area contributed by atoms with Crippen molar-refractivity contribution in [3.8, 4) is 0 Å². The highest BCUT2D eigenvalue weighted by molar-refractivity contribution is 9.10. The number of nitrogens with zero attached hydrogens (tertiary/aromatic N) is 2. The van der Waals surface area contributed by atoms with Crippen LogP contribution < -0.4 is 9.80 Å². The first-order valence-electron chi connectivity index (χ1n) is 12.5. The zero-order valence-electron chi connectivity index (χ0n) is 21.0. The zero-order valence-corrected chi connectivity index (χ0v) is 22.6. The summed E-state index contributed by atoms with van der Waals surface area (Å²) < 4.78 is 3.99. The monoisotopic (exact) mass is 576 g/mol. The summed E-state index contributed by atoms with van der Waals surface area (Å²) in [5, 5.41) is 0. The lowest BCUT2D eigenvalue weighted by Gasteiger charge is -2.59. The SMILES string of the molecule is CCOC(=O)C1=C(C)C2(Br)[C@@H]3C(=O)N(c4ccccc4)C(=O)[C@H]3C1(C)[C@H]1C(=O)N(c3ccccc3)C(=O)[C@@H]12. The Morgan fingerprint density at radius 1 is 0.789 bits per heavy atom. The molecule has 7 rings (SSSR count). The molecule has 2 bridgehead atoms. The van der Waals surface area contributed by atoms with E-state index in [1.54, 1.807) is 81.4 Å². The Bertz CT molecular complexity index is 1370. The van der Waals surface area contributed by atoms with E-state index in [9.17, 15) is 24.0 Å². The van der Waals surface area contributed by atoms with Crippen LogP contribution in [-0.2, 0) is 28.7 Å². The number of hydrogen-bond acceptors (Lipinski definition) is 6. The highest BCUT2D eigenvalue weighted by Gasteiger charge is 2.81. The van der Waals surface area contributed by atoms with Gasteiger partial charge in [0.25, 0.3) is 0 Å². The number of carbonyl (C=O) groups is 5. The number of imide groups is 2. The van der Waals surface area contributed by atoms with Gasteiger partial charge in [-0.1, -0.05) is 59.3 Å². The van der Waals surface area contributed by atoms with Crippen LogP contribution in [0.2, 0.25) is 0 Å². The third-order valence-electron chi connectivity index (χ3n) is 8.81. The van der Waals surface area contributed by atoms with E-state index in [1.807, 2.05) is 0 Å². The van der Waals surface area contributed by atoms with Gasteiger partial charge in [0.1, 0.15) is 0 Å². The molecule has 1 saturated carbocycles. The minimum Gasteiger partial charge on any atom is -0.463 e. The minimum atomic E-state index is -1.45. The first-order chi connectivity index (χ1) is 18.1. The molecule has 3 aliphatic carbocycles. The average molecular weight is 577 g/mol. The molecule has 2 aliphatic heterocycles. The molecule has 2 aromatic carbocycles. The third kappa shape index (κ3) is 2.77. The van der Waals surface area contributed by atoms with Crippen LogP contribution in [0.3, 0.4) is 0 Å². The molecule has 0 radical (unpaired) electrons. The minimum absolute atomic E-state index is 0.0925. The molecule has 2 unspecified atom stereocenters. The van der Waals surface area contributed by atoms with E-state index in [4.69, 9.17) is 4.74 Å². The predicted octanol–water partition coefficient (Wildman–Crippen LogP) is 3.64.